The molecule has 1 saturated heterocycles. The van der Waals surface area contributed by atoms with Gasteiger partial charge in [0, 0.05) is 29.8 Å². The van der Waals surface area contributed by atoms with Gasteiger partial charge in [0.15, 0.2) is 0 Å². The Morgan fingerprint density at radius 2 is 2.44 bits per heavy atom. The molecule has 0 saturated carbocycles. The molecule has 1 aromatic heterocycles. The van der Waals surface area contributed by atoms with Crippen molar-refractivity contribution in [3.05, 3.63) is 26.9 Å². The number of hydrogen-bond donors (Lipinski definition) is 0. The van der Waals surface area contributed by atoms with Crippen LogP contribution in [-0.2, 0) is 0 Å². The van der Waals surface area contributed by atoms with Crippen molar-refractivity contribution in [1.82, 2.24) is 4.98 Å². The molecule has 0 radical (unpaired) electrons. The average Bonchev–Trinajstić information content (AvgIpc) is 2.38. The van der Waals surface area contributed by atoms with Crippen LogP contribution >= 0.6 is 15.9 Å². The van der Waals surface area contributed by atoms with Gasteiger partial charge in [-0.25, -0.2) is 4.98 Å². The summed E-state index contributed by atoms with van der Waals surface area (Å²) < 4.78 is 0.641. The molecule has 1 unspecified atom stereocenters. The molecule has 1 fully saturated rings. The lowest BCUT2D eigenvalue weighted by atomic mass is 9.95. The fourth-order valence-corrected chi connectivity index (χ4v) is 2.71. The number of nitrogens with zero attached hydrogens (tertiary/aromatic N) is 3. The Kier molecular flexibility index (Phi) is 4.16. The lowest BCUT2D eigenvalue weighted by Crippen LogP contribution is -2.36. The summed E-state index contributed by atoms with van der Waals surface area (Å²) in [6.07, 6.45) is 5.02. The second kappa shape index (κ2) is 5.65. The van der Waals surface area contributed by atoms with Crippen molar-refractivity contribution in [2.45, 2.75) is 26.2 Å². The zero-order chi connectivity index (χ0) is 13.1. The largest absolute Gasteiger partial charge is 0.351 e. The van der Waals surface area contributed by atoms with E-state index in [-0.39, 0.29) is 10.6 Å². The molecule has 18 heavy (non-hydrogen) atoms. The van der Waals surface area contributed by atoms with E-state index in [0.29, 0.717) is 16.2 Å². The van der Waals surface area contributed by atoms with Crippen molar-refractivity contribution in [3.63, 3.8) is 0 Å². The van der Waals surface area contributed by atoms with Crippen LogP contribution in [0.5, 0.6) is 0 Å². The number of rotatable bonds is 3. The van der Waals surface area contributed by atoms with Crippen LogP contribution in [0.4, 0.5) is 11.5 Å². The Morgan fingerprint density at radius 1 is 1.67 bits per heavy atom. The molecule has 98 valence electrons. The molecule has 1 atom stereocenters. The summed E-state index contributed by atoms with van der Waals surface area (Å²) in [6, 6.07) is 1.53. The van der Waals surface area contributed by atoms with Crippen molar-refractivity contribution in [1.29, 1.82) is 0 Å². The van der Waals surface area contributed by atoms with Gasteiger partial charge in [0.1, 0.15) is 0 Å². The third kappa shape index (κ3) is 2.80. The standard InChI is InChI=1S/C12H16BrN3O2/c1-2-9-4-3-5-15(8-9)12-11(16(17)18)6-10(13)7-14-12/h6-7,9H,2-5,8H2,1H3. The summed E-state index contributed by atoms with van der Waals surface area (Å²) in [7, 11) is 0. The van der Waals surface area contributed by atoms with Gasteiger partial charge in [0.25, 0.3) is 0 Å². The summed E-state index contributed by atoms with van der Waals surface area (Å²) >= 11 is 3.23. The van der Waals surface area contributed by atoms with E-state index >= 15 is 0 Å². The van der Waals surface area contributed by atoms with Crippen molar-refractivity contribution in [3.8, 4) is 0 Å². The smallest absolute Gasteiger partial charge is 0.312 e. The summed E-state index contributed by atoms with van der Waals surface area (Å²) in [5, 5.41) is 11.1. The topological polar surface area (TPSA) is 59.3 Å². The number of hydrogen-bond acceptors (Lipinski definition) is 4. The molecule has 2 heterocycles. The van der Waals surface area contributed by atoms with Gasteiger partial charge in [-0.2, -0.15) is 0 Å². The highest BCUT2D eigenvalue weighted by atomic mass is 79.9. The maximum absolute atomic E-state index is 11.1. The van der Waals surface area contributed by atoms with Crippen molar-refractivity contribution in [2.24, 2.45) is 5.92 Å². The third-order valence-electron chi connectivity index (χ3n) is 3.41. The van der Waals surface area contributed by atoms with Gasteiger partial charge < -0.3 is 4.90 Å². The monoisotopic (exact) mass is 313 g/mol. The minimum atomic E-state index is -0.358. The van der Waals surface area contributed by atoms with E-state index < -0.39 is 0 Å². The third-order valence-corrected chi connectivity index (χ3v) is 3.84. The van der Waals surface area contributed by atoms with E-state index in [1.54, 1.807) is 6.20 Å². The number of pyridine rings is 1. The summed E-state index contributed by atoms with van der Waals surface area (Å²) in [5.41, 5.74) is 0.0844. The molecule has 0 amide bonds. The van der Waals surface area contributed by atoms with Crippen LogP contribution in [0.25, 0.3) is 0 Å². The summed E-state index contributed by atoms with van der Waals surface area (Å²) in [5.74, 6) is 1.12. The van der Waals surface area contributed by atoms with Crippen LogP contribution < -0.4 is 4.90 Å². The van der Waals surface area contributed by atoms with Crippen LogP contribution in [0, 0.1) is 16.0 Å². The molecular formula is C12H16BrN3O2. The highest BCUT2D eigenvalue weighted by Gasteiger charge is 2.26. The maximum Gasteiger partial charge on any atom is 0.312 e. The van der Waals surface area contributed by atoms with E-state index in [2.05, 4.69) is 27.8 Å². The van der Waals surface area contributed by atoms with Gasteiger partial charge in [-0.15, -0.1) is 0 Å². The number of aromatic nitrogens is 1. The minimum absolute atomic E-state index is 0.0844. The van der Waals surface area contributed by atoms with Crippen molar-refractivity contribution < 1.29 is 4.92 Å². The van der Waals surface area contributed by atoms with Gasteiger partial charge >= 0.3 is 5.69 Å². The molecule has 0 N–H and O–H groups in total. The maximum atomic E-state index is 11.1. The Labute approximate surface area is 114 Å². The van der Waals surface area contributed by atoms with E-state index in [1.807, 2.05) is 4.90 Å². The first-order valence-corrected chi connectivity index (χ1v) is 6.96. The quantitative estimate of drug-likeness (QED) is 0.634. The minimum Gasteiger partial charge on any atom is -0.351 e. The fourth-order valence-electron chi connectivity index (χ4n) is 2.39. The normalized spacial score (nSPS) is 19.9. The summed E-state index contributed by atoms with van der Waals surface area (Å²) in [4.78, 5) is 17.0. The predicted molar refractivity (Wildman–Crippen MR) is 73.8 cm³/mol. The first-order valence-electron chi connectivity index (χ1n) is 6.16. The molecule has 1 aliphatic heterocycles. The van der Waals surface area contributed by atoms with Gasteiger partial charge in [0.2, 0.25) is 5.82 Å². The Hall–Kier alpha value is -1.17. The highest BCUT2D eigenvalue weighted by Crippen LogP contribution is 2.32. The van der Waals surface area contributed by atoms with Crippen LogP contribution in [0.1, 0.15) is 26.2 Å². The SMILES string of the molecule is CCC1CCCN(c2ncc(Br)cc2[N+](=O)[O-])C1. The van der Waals surface area contributed by atoms with Gasteiger partial charge in [-0.3, -0.25) is 10.1 Å². The lowest BCUT2D eigenvalue weighted by Gasteiger charge is -2.32. The summed E-state index contributed by atoms with van der Waals surface area (Å²) in [6.45, 7) is 3.88. The molecule has 0 bridgehead atoms. The molecule has 0 spiro atoms. The molecule has 1 aliphatic rings. The van der Waals surface area contributed by atoms with Crippen LogP contribution in [-0.4, -0.2) is 23.0 Å². The Bertz CT molecular complexity index is 453. The van der Waals surface area contributed by atoms with Crippen molar-refractivity contribution in [2.75, 3.05) is 18.0 Å². The zero-order valence-electron chi connectivity index (χ0n) is 10.3. The predicted octanol–water partition coefficient (Wildman–Crippen LogP) is 3.38. The number of nitro groups is 1. The fraction of sp³-hybridized carbons (Fsp3) is 0.583. The van der Waals surface area contributed by atoms with Crippen molar-refractivity contribution >= 4 is 27.4 Å². The van der Waals surface area contributed by atoms with Crippen LogP contribution in [0.15, 0.2) is 16.7 Å². The molecule has 1 aromatic rings. The molecule has 2 rings (SSSR count). The molecule has 0 aromatic carbocycles. The second-order valence-electron chi connectivity index (χ2n) is 4.62. The van der Waals surface area contributed by atoms with Crippen LogP contribution in [0.3, 0.4) is 0 Å². The Balaban J connectivity index is 2.29. The molecule has 5 nitrogen and oxygen atoms in total. The van der Waals surface area contributed by atoms with E-state index in [1.165, 1.54) is 12.5 Å². The van der Waals surface area contributed by atoms with Crippen LogP contribution in [0.2, 0.25) is 0 Å². The first kappa shape index (κ1) is 13.3. The molecule has 0 aliphatic carbocycles. The number of piperidine rings is 1. The average molecular weight is 314 g/mol. The van der Waals surface area contributed by atoms with E-state index in [4.69, 9.17) is 0 Å². The Morgan fingerprint density at radius 3 is 3.11 bits per heavy atom. The highest BCUT2D eigenvalue weighted by molar-refractivity contribution is 9.10. The number of halogens is 1. The molecule has 6 heteroatoms. The lowest BCUT2D eigenvalue weighted by molar-refractivity contribution is -0.384. The van der Waals surface area contributed by atoms with E-state index in [9.17, 15) is 10.1 Å². The number of anilines is 1. The van der Waals surface area contributed by atoms with Gasteiger partial charge in [-0.1, -0.05) is 13.3 Å². The van der Waals surface area contributed by atoms with E-state index in [0.717, 1.165) is 25.9 Å². The second-order valence-corrected chi connectivity index (χ2v) is 5.53. The van der Waals surface area contributed by atoms with Gasteiger partial charge in [-0.05, 0) is 34.7 Å². The molecular weight excluding hydrogens is 298 g/mol. The van der Waals surface area contributed by atoms with Gasteiger partial charge in [0.05, 0.1) is 4.92 Å². The first-order chi connectivity index (χ1) is 8.61. The zero-order valence-corrected chi connectivity index (χ0v) is 11.9.